The summed E-state index contributed by atoms with van der Waals surface area (Å²) < 4.78 is 44.3. The first-order chi connectivity index (χ1) is 12.9. The molecular formula is C17H17F3N4OS2. The van der Waals surface area contributed by atoms with Gasteiger partial charge in [-0.25, -0.2) is 0 Å². The number of hydrazone groups is 1. The van der Waals surface area contributed by atoms with Gasteiger partial charge in [0.1, 0.15) is 0 Å². The first-order valence-corrected chi connectivity index (χ1v) is 9.35. The lowest BCUT2D eigenvalue weighted by Gasteiger charge is -2.27. The molecule has 0 spiro atoms. The predicted octanol–water partition coefficient (Wildman–Crippen LogP) is 3.92. The Morgan fingerprint density at radius 1 is 1.19 bits per heavy atom. The first-order valence-electron chi connectivity index (χ1n) is 8.12. The van der Waals surface area contributed by atoms with Crippen molar-refractivity contribution in [3.8, 4) is 0 Å². The van der Waals surface area contributed by atoms with Gasteiger partial charge in [-0.1, -0.05) is 12.1 Å². The van der Waals surface area contributed by atoms with Crippen molar-refractivity contribution >= 4 is 45.6 Å². The molecule has 10 heteroatoms. The largest absolute Gasteiger partial charge is 0.418 e. The zero-order valence-corrected chi connectivity index (χ0v) is 15.8. The summed E-state index contributed by atoms with van der Waals surface area (Å²) >= 11 is 6.59. The zero-order valence-electron chi connectivity index (χ0n) is 14.1. The smallest absolute Gasteiger partial charge is 0.378 e. The van der Waals surface area contributed by atoms with E-state index in [-0.39, 0.29) is 10.8 Å². The first kappa shape index (κ1) is 19.6. The number of alkyl halides is 3. The number of thiocarbonyl (C=S) groups is 1. The summed E-state index contributed by atoms with van der Waals surface area (Å²) in [6.07, 6.45) is -2.88. The normalized spacial score (nSPS) is 15.1. The van der Waals surface area contributed by atoms with Crippen LogP contribution in [0.2, 0.25) is 0 Å². The fourth-order valence-electron chi connectivity index (χ4n) is 2.51. The summed E-state index contributed by atoms with van der Waals surface area (Å²) in [4.78, 5) is 3.14. The summed E-state index contributed by atoms with van der Waals surface area (Å²) in [6, 6.07) is 9.07. The number of halogens is 3. The molecule has 1 aliphatic rings. The topological polar surface area (TPSA) is 48.9 Å². The van der Waals surface area contributed by atoms with Gasteiger partial charge in [-0.2, -0.15) is 18.3 Å². The number of para-hydroxylation sites is 1. The fourth-order valence-corrected chi connectivity index (χ4v) is 3.60. The summed E-state index contributed by atoms with van der Waals surface area (Å²) in [5, 5.41) is 7.63. The van der Waals surface area contributed by atoms with E-state index in [1.54, 1.807) is 17.6 Å². The lowest BCUT2D eigenvalue weighted by molar-refractivity contribution is -0.136. The van der Waals surface area contributed by atoms with Gasteiger partial charge in [0, 0.05) is 18.0 Å². The van der Waals surface area contributed by atoms with Crippen LogP contribution in [0.3, 0.4) is 0 Å². The minimum Gasteiger partial charge on any atom is -0.378 e. The quantitative estimate of drug-likeness (QED) is 0.451. The van der Waals surface area contributed by atoms with E-state index in [4.69, 9.17) is 17.0 Å². The molecule has 0 aliphatic carbocycles. The van der Waals surface area contributed by atoms with E-state index in [2.05, 4.69) is 20.7 Å². The van der Waals surface area contributed by atoms with Crippen LogP contribution in [0.15, 0.2) is 41.5 Å². The molecule has 1 aromatic heterocycles. The van der Waals surface area contributed by atoms with Crippen molar-refractivity contribution in [1.82, 2.24) is 5.43 Å². The predicted molar refractivity (Wildman–Crippen MR) is 106 cm³/mol. The Balaban J connectivity index is 1.56. The van der Waals surface area contributed by atoms with E-state index < -0.39 is 11.7 Å². The van der Waals surface area contributed by atoms with Crippen molar-refractivity contribution in [3.63, 3.8) is 0 Å². The Bertz CT molecular complexity index is 817. The monoisotopic (exact) mass is 414 g/mol. The lowest BCUT2D eigenvalue weighted by atomic mass is 10.2. The molecule has 0 unspecified atom stereocenters. The van der Waals surface area contributed by atoms with Crippen LogP contribution in [0.4, 0.5) is 23.9 Å². The van der Waals surface area contributed by atoms with Gasteiger partial charge in [-0.05, 0) is 36.5 Å². The number of hydrogen-bond acceptors (Lipinski definition) is 5. The maximum atomic E-state index is 13.0. The molecule has 0 saturated carbocycles. The second-order valence-electron chi connectivity index (χ2n) is 5.64. The Hall–Kier alpha value is -2.17. The molecule has 3 rings (SSSR count). The van der Waals surface area contributed by atoms with Crippen molar-refractivity contribution < 1.29 is 17.9 Å². The molecule has 5 nitrogen and oxygen atoms in total. The molecule has 1 saturated heterocycles. The maximum Gasteiger partial charge on any atom is 0.418 e. The van der Waals surface area contributed by atoms with Crippen LogP contribution in [-0.4, -0.2) is 37.6 Å². The van der Waals surface area contributed by atoms with Crippen LogP contribution < -0.4 is 15.6 Å². The number of thiophene rings is 1. The highest BCUT2D eigenvalue weighted by Crippen LogP contribution is 2.34. The van der Waals surface area contributed by atoms with Gasteiger partial charge in [-0.15, -0.1) is 11.3 Å². The number of benzene rings is 1. The molecule has 0 atom stereocenters. The average molecular weight is 414 g/mol. The van der Waals surface area contributed by atoms with Gasteiger partial charge < -0.3 is 15.0 Å². The maximum absolute atomic E-state index is 13.0. The molecule has 2 heterocycles. The lowest BCUT2D eigenvalue weighted by Crippen LogP contribution is -2.35. The van der Waals surface area contributed by atoms with Crippen LogP contribution in [0.1, 0.15) is 10.4 Å². The Kier molecular flexibility index (Phi) is 6.30. The third-order valence-electron chi connectivity index (χ3n) is 3.77. The van der Waals surface area contributed by atoms with E-state index in [0.29, 0.717) is 13.2 Å². The second kappa shape index (κ2) is 8.68. The van der Waals surface area contributed by atoms with Gasteiger partial charge in [0.2, 0.25) is 0 Å². The molecule has 2 N–H and O–H groups in total. The number of hydrogen-bond donors (Lipinski definition) is 2. The minimum absolute atomic E-state index is 0.0205. The highest BCUT2D eigenvalue weighted by Gasteiger charge is 2.33. The summed E-state index contributed by atoms with van der Waals surface area (Å²) in [5.41, 5.74) is 1.64. The molecule has 2 aromatic rings. The third-order valence-corrected chi connectivity index (χ3v) is 5.05. The van der Waals surface area contributed by atoms with Crippen LogP contribution in [0.25, 0.3) is 0 Å². The minimum atomic E-state index is -4.46. The number of ether oxygens (including phenoxy) is 1. The van der Waals surface area contributed by atoms with Gasteiger partial charge >= 0.3 is 6.18 Å². The van der Waals surface area contributed by atoms with E-state index in [0.717, 1.165) is 29.0 Å². The molecule has 0 radical (unpaired) electrons. The fraction of sp³-hybridized carbons (Fsp3) is 0.294. The average Bonchev–Trinajstić information content (AvgIpc) is 3.11. The molecule has 27 heavy (non-hydrogen) atoms. The highest BCUT2D eigenvalue weighted by atomic mass is 32.1. The second-order valence-corrected chi connectivity index (χ2v) is 7.14. The third kappa shape index (κ3) is 5.41. The SMILES string of the molecule is FC(F)(F)c1ccccc1NC(=S)N/N=C/c1ccc(N2CCOCC2)s1. The molecule has 1 fully saturated rings. The van der Waals surface area contributed by atoms with Gasteiger partial charge in [0.25, 0.3) is 0 Å². The summed E-state index contributed by atoms with van der Waals surface area (Å²) in [6.45, 7) is 3.12. The Morgan fingerprint density at radius 2 is 1.93 bits per heavy atom. The number of nitrogens with one attached hydrogen (secondary N) is 2. The molecule has 144 valence electrons. The van der Waals surface area contributed by atoms with E-state index >= 15 is 0 Å². The summed E-state index contributed by atoms with van der Waals surface area (Å²) in [5.74, 6) is 0. The van der Waals surface area contributed by atoms with Crippen LogP contribution in [-0.2, 0) is 10.9 Å². The molecule has 1 aromatic carbocycles. The van der Waals surface area contributed by atoms with Crippen molar-refractivity contribution in [3.05, 3.63) is 46.8 Å². The summed E-state index contributed by atoms with van der Waals surface area (Å²) in [7, 11) is 0. The van der Waals surface area contributed by atoms with E-state index in [9.17, 15) is 13.2 Å². The van der Waals surface area contributed by atoms with Crippen LogP contribution in [0, 0.1) is 0 Å². The van der Waals surface area contributed by atoms with E-state index in [1.165, 1.54) is 18.2 Å². The van der Waals surface area contributed by atoms with Gasteiger partial charge in [0.15, 0.2) is 5.11 Å². The number of nitrogens with zero attached hydrogens (tertiary/aromatic N) is 2. The van der Waals surface area contributed by atoms with Gasteiger partial charge in [-0.3, -0.25) is 5.43 Å². The highest BCUT2D eigenvalue weighted by molar-refractivity contribution is 7.80. The number of rotatable bonds is 4. The van der Waals surface area contributed by atoms with Crippen molar-refractivity contribution in [2.45, 2.75) is 6.18 Å². The van der Waals surface area contributed by atoms with Crippen molar-refractivity contribution in [2.24, 2.45) is 5.10 Å². The van der Waals surface area contributed by atoms with E-state index in [1.807, 2.05) is 12.1 Å². The van der Waals surface area contributed by atoms with Gasteiger partial charge in [0.05, 0.1) is 35.7 Å². The van der Waals surface area contributed by atoms with Crippen molar-refractivity contribution in [1.29, 1.82) is 0 Å². The van der Waals surface area contributed by atoms with Crippen LogP contribution in [0.5, 0.6) is 0 Å². The standard InChI is InChI=1S/C17H17F3N4OS2/c18-17(19,20)13-3-1-2-4-14(13)22-16(26)23-21-11-12-5-6-15(27-12)24-7-9-25-10-8-24/h1-6,11H,7-10H2,(H2,22,23,26)/b21-11+. The molecule has 0 amide bonds. The van der Waals surface area contributed by atoms with Crippen molar-refractivity contribution in [2.75, 3.05) is 36.5 Å². The molecule has 0 bridgehead atoms. The van der Waals surface area contributed by atoms with Crippen LogP contribution >= 0.6 is 23.6 Å². The molecule has 1 aliphatic heterocycles. The Morgan fingerprint density at radius 3 is 2.67 bits per heavy atom. The Labute approximate surface area is 163 Å². The molecular weight excluding hydrogens is 397 g/mol. The zero-order chi connectivity index (χ0) is 19.3. The number of morpholine rings is 1. The number of anilines is 2.